The van der Waals surface area contributed by atoms with Crippen molar-refractivity contribution in [2.24, 2.45) is 0 Å². The fraction of sp³-hybridized carbons (Fsp3) is 0.562. The van der Waals surface area contributed by atoms with Crippen LogP contribution in [-0.2, 0) is 0 Å². The lowest BCUT2D eigenvalue weighted by molar-refractivity contribution is 0.0663. The van der Waals surface area contributed by atoms with Crippen molar-refractivity contribution in [3.8, 4) is 0 Å². The topological polar surface area (TPSA) is 49.6 Å². The Kier molecular flexibility index (Phi) is 5.17. The van der Waals surface area contributed by atoms with Crippen molar-refractivity contribution >= 4 is 11.6 Å². The van der Waals surface area contributed by atoms with Gasteiger partial charge in [-0.05, 0) is 45.1 Å². The zero-order chi connectivity index (χ0) is 15.4. The van der Waals surface area contributed by atoms with Crippen LogP contribution >= 0.6 is 0 Å². The van der Waals surface area contributed by atoms with E-state index in [0.717, 1.165) is 32.2 Å². The minimum Gasteiger partial charge on any atom is -0.399 e. The first-order valence-electron chi connectivity index (χ1n) is 7.50. The number of amides is 1. The quantitative estimate of drug-likeness (QED) is 0.848. The number of likely N-dealkylation sites (N-methyl/N-ethyl adjacent to an activating group) is 1. The standard InChI is InChI=1S/C16H24FN3O/c1-19(2)9-10-20(13-5-3-4-6-13)16(21)14-11-12(18)7-8-15(14)17/h7-8,11,13H,3-6,9-10,18H2,1-2H3. The van der Waals surface area contributed by atoms with Crippen molar-refractivity contribution in [3.05, 3.63) is 29.6 Å². The third-order valence-corrected chi connectivity index (χ3v) is 4.04. The molecule has 1 amide bonds. The number of hydrogen-bond donors (Lipinski definition) is 1. The zero-order valence-electron chi connectivity index (χ0n) is 12.8. The predicted octanol–water partition coefficient (Wildman–Crippen LogP) is 2.35. The van der Waals surface area contributed by atoms with Gasteiger partial charge >= 0.3 is 0 Å². The molecule has 21 heavy (non-hydrogen) atoms. The van der Waals surface area contributed by atoms with Gasteiger partial charge in [-0.3, -0.25) is 4.79 Å². The summed E-state index contributed by atoms with van der Waals surface area (Å²) in [4.78, 5) is 16.6. The van der Waals surface area contributed by atoms with Gasteiger partial charge < -0.3 is 15.5 Å². The lowest BCUT2D eigenvalue weighted by Gasteiger charge is -2.30. The van der Waals surface area contributed by atoms with Gasteiger partial charge in [0, 0.05) is 24.8 Å². The Hall–Kier alpha value is -1.62. The molecule has 1 fully saturated rings. The number of carbonyl (C=O) groups excluding carboxylic acids is 1. The van der Waals surface area contributed by atoms with Crippen molar-refractivity contribution in [2.45, 2.75) is 31.7 Å². The van der Waals surface area contributed by atoms with Crippen LogP contribution in [0.25, 0.3) is 0 Å². The van der Waals surface area contributed by atoms with Gasteiger partial charge in [0.05, 0.1) is 5.56 Å². The maximum absolute atomic E-state index is 14.0. The third kappa shape index (κ3) is 3.94. The smallest absolute Gasteiger partial charge is 0.257 e. The van der Waals surface area contributed by atoms with Gasteiger partial charge in [0.15, 0.2) is 0 Å². The minimum atomic E-state index is -0.498. The number of hydrogen-bond acceptors (Lipinski definition) is 3. The molecule has 4 nitrogen and oxygen atoms in total. The van der Waals surface area contributed by atoms with E-state index in [4.69, 9.17) is 5.73 Å². The molecule has 0 aliphatic heterocycles. The fourth-order valence-electron chi connectivity index (χ4n) is 2.84. The molecule has 0 radical (unpaired) electrons. The summed E-state index contributed by atoms with van der Waals surface area (Å²) in [5.41, 5.74) is 6.19. The van der Waals surface area contributed by atoms with Crippen LogP contribution in [0.2, 0.25) is 0 Å². The predicted molar refractivity (Wildman–Crippen MR) is 82.7 cm³/mol. The van der Waals surface area contributed by atoms with E-state index in [2.05, 4.69) is 0 Å². The first kappa shape index (κ1) is 15.8. The van der Waals surface area contributed by atoms with E-state index in [1.807, 2.05) is 23.9 Å². The van der Waals surface area contributed by atoms with Crippen molar-refractivity contribution in [3.63, 3.8) is 0 Å². The number of nitrogen functional groups attached to an aromatic ring is 1. The highest BCUT2D eigenvalue weighted by Gasteiger charge is 2.28. The number of nitrogens with two attached hydrogens (primary N) is 1. The van der Waals surface area contributed by atoms with Crippen molar-refractivity contribution in [1.82, 2.24) is 9.80 Å². The van der Waals surface area contributed by atoms with E-state index in [-0.39, 0.29) is 17.5 Å². The van der Waals surface area contributed by atoms with E-state index in [1.165, 1.54) is 18.2 Å². The van der Waals surface area contributed by atoms with Crippen molar-refractivity contribution in [1.29, 1.82) is 0 Å². The summed E-state index contributed by atoms with van der Waals surface area (Å²) in [7, 11) is 3.94. The number of benzene rings is 1. The second-order valence-corrected chi connectivity index (χ2v) is 5.98. The summed E-state index contributed by atoms with van der Waals surface area (Å²) in [6.45, 7) is 1.39. The maximum Gasteiger partial charge on any atom is 0.257 e. The fourth-order valence-corrected chi connectivity index (χ4v) is 2.84. The Morgan fingerprint density at radius 2 is 1.95 bits per heavy atom. The van der Waals surface area contributed by atoms with Gasteiger partial charge in [-0.25, -0.2) is 4.39 Å². The van der Waals surface area contributed by atoms with Crippen LogP contribution in [0.4, 0.5) is 10.1 Å². The molecular weight excluding hydrogens is 269 g/mol. The average molecular weight is 293 g/mol. The Labute approximate surface area is 125 Å². The molecule has 0 spiro atoms. The van der Waals surface area contributed by atoms with Gasteiger partial charge in [0.25, 0.3) is 5.91 Å². The van der Waals surface area contributed by atoms with Crippen molar-refractivity contribution in [2.75, 3.05) is 32.9 Å². The molecule has 1 aliphatic rings. The first-order valence-corrected chi connectivity index (χ1v) is 7.50. The van der Waals surface area contributed by atoms with Gasteiger partial charge in [-0.2, -0.15) is 0 Å². The Balaban J connectivity index is 2.21. The third-order valence-electron chi connectivity index (χ3n) is 4.04. The molecule has 1 saturated carbocycles. The average Bonchev–Trinajstić information content (AvgIpc) is 2.95. The van der Waals surface area contributed by atoms with Crippen LogP contribution in [0, 0.1) is 5.82 Å². The van der Waals surface area contributed by atoms with Gasteiger partial charge in [-0.15, -0.1) is 0 Å². The highest BCUT2D eigenvalue weighted by atomic mass is 19.1. The summed E-state index contributed by atoms with van der Waals surface area (Å²) < 4.78 is 14.0. The molecule has 2 rings (SSSR count). The number of halogens is 1. The molecule has 1 aromatic rings. The normalized spacial score (nSPS) is 15.6. The summed E-state index contributed by atoms with van der Waals surface area (Å²) >= 11 is 0. The monoisotopic (exact) mass is 293 g/mol. The van der Waals surface area contributed by atoms with E-state index in [9.17, 15) is 9.18 Å². The molecule has 116 valence electrons. The summed E-state index contributed by atoms with van der Waals surface area (Å²) in [6.07, 6.45) is 4.28. The van der Waals surface area contributed by atoms with E-state index in [0.29, 0.717) is 12.2 Å². The largest absolute Gasteiger partial charge is 0.399 e. The van der Waals surface area contributed by atoms with E-state index in [1.54, 1.807) is 0 Å². The van der Waals surface area contributed by atoms with Crippen LogP contribution in [0.15, 0.2) is 18.2 Å². The second kappa shape index (κ2) is 6.89. The molecular formula is C16H24FN3O. The number of nitrogens with zero attached hydrogens (tertiary/aromatic N) is 2. The van der Waals surface area contributed by atoms with Gasteiger partial charge in [-0.1, -0.05) is 12.8 Å². The SMILES string of the molecule is CN(C)CCN(C(=O)c1cc(N)ccc1F)C1CCCC1. The molecule has 1 aliphatic carbocycles. The summed E-state index contributed by atoms with van der Waals surface area (Å²) in [6, 6.07) is 4.40. The molecule has 0 atom stereocenters. The molecule has 0 aromatic heterocycles. The van der Waals surface area contributed by atoms with Crippen LogP contribution in [-0.4, -0.2) is 48.9 Å². The first-order chi connectivity index (χ1) is 9.99. The molecule has 2 N–H and O–H groups in total. The summed E-state index contributed by atoms with van der Waals surface area (Å²) in [5, 5.41) is 0. The van der Waals surface area contributed by atoms with Crippen LogP contribution in [0.3, 0.4) is 0 Å². The highest BCUT2D eigenvalue weighted by Crippen LogP contribution is 2.26. The number of anilines is 1. The zero-order valence-corrected chi connectivity index (χ0v) is 12.8. The van der Waals surface area contributed by atoms with Crippen LogP contribution in [0.1, 0.15) is 36.0 Å². The highest BCUT2D eigenvalue weighted by molar-refractivity contribution is 5.95. The molecule has 0 heterocycles. The lowest BCUT2D eigenvalue weighted by atomic mass is 10.1. The van der Waals surface area contributed by atoms with Crippen LogP contribution in [0.5, 0.6) is 0 Å². The number of carbonyl (C=O) groups is 1. The molecule has 0 saturated heterocycles. The summed E-state index contributed by atoms with van der Waals surface area (Å²) in [5.74, 6) is -0.740. The van der Waals surface area contributed by atoms with Gasteiger partial charge in [0.2, 0.25) is 0 Å². The molecule has 1 aromatic carbocycles. The maximum atomic E-state index is 14.0. The lowest BCUT2D eigenvalue weighted by Crippen LogP contribution is -2.43. The Bertz CT molecular complexity index is 498. The second-order valence-electron chi connectivity index (χ2n) is 5.98. The molecule has 0 bridgehead atoms. The minimum absolute atomic E-state index is 0.0839. The van der Waals surface area contributed by atoms with E-state index >= 15 is 0 Å². The van der Waals surface area contributed by atoms with E-state index < -0.39 is 5.82 Å². The number of rotatable bonds is 5. The van der Waals surface area contributed by atoms with Gasteiger partial charge in [0.1, 0.15) is 5.82 Å². The Morgan fingerprint density at radius 3 is 2.57 bits per heavy atom. The molecule has 0 unspecified atom stereocenters. The van der Waals surface area contributed by atoms with Crippen LogP contribution < -0.4 is 5.73 Å². The molecule has 5 heteroatoms. The van der Waals surface area contributed by atoms with Crippen molar-refractivity contribution < 1.29 is 9.18 Å². The Morgan fingerprint density at radius 1 is 1.29 bits per heavy atom.